The molecule has 0 aliphatic carbocycles. The third-order valence-electron chi connectivity index (χ3n) is 5.74. The molecule has 0 spiro atoms. The monoisotopic (exact) mass is 644 g/mol. The predicted octanol–water partition coefficient (Wildman–Crippen LogP) is 0.145. The molecule has 0 bridgehead atoms. The molecule has 0 atom stereocenters. The molecule has 0 radical (unpaired) electrons. The average molecular weight is 644 g/mol. The zero-order chi connectivity index (χ0) is 30.7. The van der Waals surface area contributed by atoms with E-state index in [-0.39, 0.29) is 30.7 Å². The number of nitrogens with one attached hydrogen (secondary N) is 2. The lowest BCUT2D eigenvalue weighted by atomic mass is 9.79. The van der Waals surface area contributed by atoms with Crippen molar-refractivity contribution in [2.24, 2.45) is 0 Å². The van der Waals surface area contributed by atoms with Crippen molar-refractivity contribution in [1.29, 1.82) is 0 Å². The van der Waals surface area contributed by atoms with Gasteiger partial charge in [-0.25, -0.2) is 47.2 Å². The summed E-state index contributed by atoms with van der Waals surface area (Å²) >= 11 is 0. The molecule has 1 heterocycles. The molecule has 3 rings (SSSR count). The second kappa shape index (κ2) is 10.0. The molecule has 0 unspecified atom stereocenters. The van der Waals surface area contributed by atoms with Gasteiger partial charge in [-0.1, -0.05) is 12.1 Å². The van der Waals surface area contributed by atoms with Crippen molar-refractivity contribution in [2.45, 2.75) is 15.5 Å². The van der Waals surface area contributed by atoms with E-state index in [0.29, 0.717) is 11.6 Å². The summed E-state index contributed by atoms with van der Waals surface area (Å²) in [5.74, 6) is -2.02. The Morgan fingerprint density at radius 3 is 1.57 bits per heavy atom. The lowest BCUT2D eigenvalue weighted by Gasteiger charge is -2.37. The summed E-state index contributed by atoms with van der Waals surface area (Å²) in [6.45, 7) is 1.64. The average Bonchev–Trinajstić information content (AvgIpc) is 3.17. The number of urea groups is 1. The van der Waals surface area contributed by atoms with Gasteiger partial charge in [0.15, 0.2) is 39.3 Å². The Hall–Kier alpha value is -2.65. The smallest absolute Gasteiger partial charge is 0.372 e. The summed E-state index contributed by atoms with van der Waals surface area (Å²) < 4.78 is 134. The van der Waals surface area contributed by atoms with Crippen LogP contribution in [0.25, 0.3) is 0 Å². The van der Waals surface area contributed by atoms with E-state index in [0.717, 1.165) is 18.2 Å². The zero-order valence-electron chi connectivity index (χ0n) is 21.4. The molecule has 0 saturated carbocycles. The number of carbonyl (C=O) groups excluding carboxylic acids is 1. The fraction of sp³-hybridized carbons (Fsp3) is 0.350. The number of amides is 2. The first-order valence-corrected chi connectivity index (χ1v) is 18.3. The van der Waals surface area contributed by atoms with Crippen LogP contribution in [0.2, 0.25) is 0 Å². The Bertz CT molecular complexity index is 1690. The van der Waals surface area contributed by atoms with Crippen LogP contribution in [0.1, 0.15) is 5.56 Å². The molecule has 20 heteroatoms. The third-order valence-corrected chi connectivity index (χ3v) is 15.3. The second-order valence-electron chi connectivity index (χ2n) is 9.07. The van der Waals surface area contributed by atoms with Crippen molar-refractivity contribution < 1.29 is 56.6 Å². The molecule has 220 valence electrons. The number of aryl methyl sites for hydroxylation is 1. The Morgan fingerprint density at radius 2 is 1.15 bits per heavy atom. The highest BCUT2D eigenvalue weighted by Crippen LogP contribution is 2.51. The van der Waals surface area contributed by atoms with Crippen molar-refractivity contribution >= 4 is 69.3 Å². The zero-order valence-corrected chi connectivity index (χ0v) is 24.7. The van der Waals surface area contributed by atoms with E-state index in [9.17, 15) is 47.2 Å². The summed E-state index contributed by atoms with van der Waals surface area (Å²) in [6, 6.07) is 5.17. The maximum absolute atomic E-state index is 15.0. The van der Waals surface area contributed by atoms with Gasteiger partial charge >= 0.3 is 21.7 Å². The van der Waals surface area contributed by atoms with Crippen LogP contribution in [0, 0.1) is 18.6 Å². The van der Waals surface area contributed by atoms with E-state index >= 15 is 0 Å². The molecule has 1 fully saturated rings. The largest absolute Gasteiger partial charge is 0.497 e. The molecule has 1 aliphatic rings. The highest BCUT2D eigenvalue weighted by Gasteiger charge is 2.83. The number of hydrogen-bond acceptors (Lipinski definition) is 11. The highest BCUT2D eigenvalue weighted by atomic mass is 32.3. The number of sulfone groups is 4. The number of carbonyl (C=O) groups is 1. The van der Waals surface area contributed by atoms with Crippen molar-refractivity contribution in [3.8, 4) is 0 Å². The van der Waals surface area contributed by atoms with Crippen LogP contribution in [-0.4, -0.2) is 80.4 Å². The van der Waals surface area contributed by atoms with Crippen LogP contribution in [0.4, 0.5) is 25.0 Å². The van der Waals surface area contributed by atoms with Gasteiger partial charge in [-0.2, -0.15) is 0 Å². The number of rotatable bonds is 7. The third kappa shape index (κ3) is 5.11. The SMILES string of the molecule is Cc1ccc(F)c(NC(=O)Nc2ccc(B3OC(S(C)(=O)=O)(S(C)(=O)=O)C(S(C)(=O)=O)(S(C)(=O)=O)O3)cc2F)c1. The first-order chi connectivity index (χ1) is 18.0. The molecule has 2 aromatic carbocycles. The van der Waals surface area contributed by atoms with Gasteiger partial charge in [0, 0.05) is 25.0 Å². The highest BCUT2D eigenvalue weighted by molar-refractivity contribution is 8.16. The predicted molar refractivity (Wildman–Crippen MR) is 143 cm³/mol. The molecular weight excluding hydrogens is 621 g/mol. The molecule has 1 aliphatic heterocycles. The van der Waals surface area contributed by atoms with Crippen molar-refractivity contribution in [2.75, 3.05) is 35.7 Å². The number of halogens is 2. The molecule has 0 aromatic heterocycles. The van der Waals surface area contributed by atoms with Gasteiger partial charge < -0.3 is 19.9 Å². The minimum Gasteiger partial charge on any atom is -0.372 e. The standard InChI is InChI=1S/C20H23BF2N2O11S4/c1-12-6-8-14(22)17(10-12)25-18(26)24-16-9-7-13(11-15(16)23)21-35-19(37(2,27)28,38(3,29)30)20(36-21,39(4,31)32)40(5,33)34/h6-11H,1-5H3,(H2,24,25,26). The van der Waals surface area contributed by atoms with Crippen molar-refractivity contribution in [3.63, 3.8) is 0 Å². The lowest BCUT2D eigenvalue weighted by molar-refractivity contribution is 0.202. The van der Waals surface area contributed by atoms with Crippen molar-refractivity contribution in [3.05, 3.63) is 53.6 Å². The fourth-order valence-electron chi connectivity index (χ4n) is 4.18. The molecule has 40 heavy (non-hydrogen) atoms. The number of benzene rings is 2. The van der Waals surface area contributed by atoms with E-state index in [2.05, 4.69) is 10.6 Å². The van der Waals surface area contributed by atoms with Crippen LogP contribution in [0.3, 0.4) is 0 Å². The summed E-state index contributed by atoms with van der Waals surface area (Å²) in [7, 11) is -23.5. The fourth-order valence-corrected chi connectivity index (χ4v) is 15.3. The number of anilines is 2. The minimum absolute atomic E-state index is 0.210. The van der Waals surface area contributed by atoms with Gasteiger partial charge in [0.05, 0.1) is 11.4 Å². The molecule has 2 amide bonds. The Labute approximate surface area is 230 Å². The molecule has 2 aromatic rings. The van der Waals surface area contributed by atoms with Gasteiger partial charge in [-0.05, 0) is 42.2 Å². The van der Waals surface area contributed by atoms with E-state index < -0.39 is 83.8 Å². The van der Waals surface area contributed by atoms with Crippen LogP contribution in [0.5, 0.6) is 0 Å². The van der Waals surface area contributed by atoms with Gasteiger partial charge in [-0.3, -0.25) is 0 Å². The van der Waals surface area contributed by atoms with Gasteiger partial charge in [0.25, 0.3) is 0 Å². The van der Waals surface area contributed by atoms with E-state index in [4.69, 9.17) is 9.31 Å². The number of hydrogen-bond donors (Lipinski definition) is 2. The molecule has 1 saturated heterocycles. The summed E-state index contributed by atoms with van der Waals surface area (Å²) in [5.41, 5.74) is -0.651. The van der Waals surface area contributed by atoms with Gasteiger partial charge in [0.2, 0.25) is 0 Å². The normalized spacial score (nSPS) is 17.4. The molecule has 13 nitrogen and oxygen atoms in total. The maximum atomic E-state index is 15.0. The lowest BCUT2D eigenvalue weighted by Crippen LogP contribution is -2.67. The van der Waals surface area contributed by atoms with Crippen LogP contribution >= 0.6 is 0 Å². The van der Waals surface area contributed by atoms with Crippen LogP contribution < -0.4 is 16.1 Å². The first kappa shape index (κ1) is 31.9. The van der Waals surface area contributed by atoms with Crippen molar-refractivity contribution in [1.82, 2.24) is 0 Å². The second-order valence-corrected chi connectivity index (χ2v) is 18.1. The van der Waals surface area contributed by atoms with Crippen LogP contribution in [-0.2, 0) is 48.7 Å². The van der Waals surface area contributed by atoms with E-state index in [1.807, 2.05) is 0 Å². The quantitative estimate of drug-likeness (QED) is 0.389. The molecular formula is C20H23BF2N2O11S4. The van der Waals surface area contributed by atoms with E-state index in [1.165, 1.54) is 12.1 Å². The van der Waals surface area contributed by atoms with Gasteiger partial charge in [0.1, 0.15) is 11.6 Å². The summed E-state index contributed by atoms with van der Waals surface area (Å²) in [6.07, 6.45) is 0.977. The minimum atomic E-state index is -5.29. The Morgan fingerprint density at radius 1 is 0.700 bits per heavy atom. The maximum Gasteiger partial charge on any atom is 0.497 e. The van der Waals surface area contributed by atoms with Gasteiger partial charge in [-0.15, -0.1) is 0 Å². The molecule has 2 N–H and O–H groups in total. The Balaban J connectivity index is 2.09. The summed E-state index contributed by atoms with van der Waals surface area (Å²) in [4.78, 5) is 12.3. The topological polar surface area (TPSA) is 196 Å². The van der Waals surface area contributed by atoms with Crippen LogP contribution in [0.15, 0.2) is 36.4 Å². The summed E-state index contributed by atoms with van der Waals surface area (Å²) in [5, 5.41) is 4.27. The first-order valence-electron chi connectivity index (χ1n) is 10.8. The Kier molecular flexibility index (Phi) is 7.98. The van der Waals surface area contributed by atoms with E-state index in [1.54, 1.807) is 6.92 Å².